The normalized spacial score (nSPS) is 0. The van der Waals surface area contributed by atoms with Gasteiger partial charge in [0.1, 0.15) is 0 Å². The molecule has 0 saturated carbocycles. The summed E-state index contributed by atoms with van der Waals surface area (Å²) in [5.74, 6) is 0. The molecule has 0 fully saturated rings. The topological polar surface area (TPSA) is 0 Å². The van der Waals surface area contributed by atoms with Crippen LogP contribution in [-0.2, 0) is 0 Å². The molecule has 0 bridgehead atoms. The summed E-state index contributed by atoms with van der Waals surface area (Å²) in [5, 5.41) is 0. The van der Waals surface area contributed by atoms with Gasteiger partial charge in [-0.3, -0.25) is 0 Å². The average molecular weight is 337 g/mol. The van der Waals surface area contributed by atoms with Crippen molar-refractivity contribution in [2.75, 3.05) is 0 Å². The molecule has 0 saturated heterocycles. The van der Waals surface area contributed by atoms with Crippen LogP contribution in [0.25, 0.3) is 0 Å². The molecular formula is GaInPSb. The second-order valence-electron chi connectivity index (χ2n) is 0. The van der Waals surface area contributed by atoms with Crippen molar-refractivity contribution in [2.24, 2.45) is 0 Å². The van der Waals surface area contributed by atoms with E-state index < -0.39 is 0 Å². The van der Waals surface area contributed by atoms with E-state index in [0.717, 1.165) is 0 Å². The summed E-state index contributed by atoms with van der Waals surface area (Å²) < 4.78 is 0. The van der Waals surface area contributed by atoms with Gasteiger partial charge in [0.15, 0.2) is 0 Å². The first-order chi connectivity index (χ1) is 0. The van der Waals surface area contributed by atoms with Crippen molar-refractivity contribution < 1.29 is 0 Å². The van der Waals surface area contributed by atoms with Gasteiger partial charge < -0.3 is 0 Å². The average Bonchev–Trinajstić information content (AvgIpc) is 0. The Morgan fingerprint density at radius 2 is 1.00 bits per heavy atom. The molecule has 0 N–H and O–H groups in total. The molecule has 0 aliphatic rings. The Bertz CT molecular complexity index is 8.00. The third kappa shape index (κ3) is 8.83. The third-order valence-electron chi connectivity index (χ3n) is 0. The zero-order valence-electron chi connectivity index (χ0n) is 2.05. The van der Waals surface area contributed by atoms with E-state index in [0.29, 0.717) is 0 Å². The Hall–Kier alpha value is 2.75. The molecule has 0 amide bonds. The molecule has 0 nitrogen and oxygen atoms in total. The first kappa shape index (κ1) is 29.5. The zero-order chi connectivity index (χ0) is 0. The van der Waals surface area contributed by atoms with E-state index >= 15 is 0 Å². The summed E-state index contributed by atoms with van der Waals surface area (Å²) in [4.78, 5) is 0. The first-order valence-electron chi connectivity index (χ1n) is 0. The minimum Gasteiger partial charge on any atom is 0 e. The maximum absolute atomic E-state index is 0. The fourth-order valence-electron chi connectivity index (χ4n) is 0. The monoisotopic (exact) mass is 336 g/mol. The zero-order valence-corrected chi connectivity index (χ0v) is 11.2. The van der Waals surface area contributed by atoms with Crippen LogP contribution < -0.4 is 0 Å². The van der Waals surface area contributed by atoms with Crippen LogP contribution >= 0.6 is 9.90 Å². The summed E-state index contributed by atoms with van der Waals surface area (Å²) in [6.45, 7) is 0. The Balaban J connectivity index is 0. The van der Waals surface area contributed by atoms with Crippen molar-refractivity contribution in [2.45, 2.75) is 0 Å². The largest absolute Gasteiger partial charge is 0 e. The minimum atomic E-state index is 0. The SMILES string of the molecule is [Ga].[In].[P].[Sb]. The van der Waals surface area contributed by atoms with Crippen molar-refractivity contribution >= 4 is 80.0 Å². The van der Waals surface area contributed by atoms with Crippen LogP contribution in [-0.4, -0.2) is 70.1 Å². The van der Waals surface area contributed by atoms with Gasteiger partial charge in [-0.15, -0.1) is 0 Å². The molecular weight excluding hydrogens is 337 g/mol. The molecule has 0 aliphatic carbocycles. The minimum absolute atomic E-state index is 0. The maximum Gasteiger partial charge on any atom is 0 e. The van der Waals surface area contributed by atoms with Gasteiger partial charge in [0.05, 0.1) is 0 Å². The molecule has 0 atom stereocenters. The van der Waals surface area contributed by atoms with E-state index in [2.05, 4.69) is 0 Å². The molecule has 4 heavy (non-hydrogen) atoms. The maximum atomic E-state index is 0. The van der Waals surface area contributed by atoms with Crippen LogP contribution in [0.4, 0.5) is 0 Å². The van der Waals surface area contributed by atoms with Gasteiger partial charge in [-0.2, -0.15) is 0 Å². The van der Waals surface area contributed by atoms with Crippen LogP contribution in [0, 0.1) is 0 Å². The summed E-state index contributed by atoms with van der Waals surface area (Å²) in [6, 6.07) is 0. The van der Waals surface area contributed by atoms with E-state index in [1.165, 1.54) is 0 Å². The molecule has 0 aromatic heterocycles. The van der Waals surface area contributed by atoms with Crippen LogP contribution in [0.3, 0.4) is 0 Å². The summed E-state index contributed by atoms with van der Waals surface area (Å²) in [7, 11) is 0. The Kier molecular flexibility index (Phi) is 126. The predicted molar refractivity (Wildman–Crippen MR) is 24.2 cm³/mol. The molecule has 0 unspecified atom stereocenters. The first-order valence-corrected chi connectivity index (χ1v) is 0. The van der Waals surface area contributed by atoms with Crippen molar-refractivity contribution in [3.8, 4) is 0 Å². The second kappa shape index (κ2) is 17.1. The van der Waals surface area contributed by atoms with Gasteiger partial charge in [0, 0.05) is 80.0 Å². The summed E-state index contributed by atoms with van der Waals surface area (Å²) in [5.41, 5.74) is 0. The van der Waals surface area contributed by atoms with Crippen LogP contribution in [0.2, 0.25) is 0 Å². The standard InChI is InChI=1S/Ga.In.P.Sb. The number of rotatable bonds is 0. The smallest absolute Gasteiger partial charge is 0 e. The summed E-state index contributed by atoms with van der Waals surface area (Å²) >= 11 is 0. The Morgan fingerprint density at radius 3 is 1.00 bits per heavy atom. The molecule has 12 radical (unpaired) electrons. The van der Waals surface area contributed by atoms with E-state index in [1.54, 1.807) is 0 Å². The van der Waals surface area contributed by atoms with Crippen molar-refractivity contribution in [3.63, 3.8) is 0 Å². The molecule has 0 rings (SSSR count). The van der Waals surface area contributed by atoms with E-state index in [1.807, 2.05) is 0 Å². The van der Waals surface area contributed by atoms with Gasteiger partial charge >= 0.3 is 0 Å². The van der Waals surface area contributed by atoms with Crippen molar-refractivity contribution in [3.05, 3.63) is 0 Å². The van der Waals surface area contributed by atoms with Crippen LogP contribution in [0.1, 0.15) is 0 Å². The molecule has 0 spiro atoms. The Morgan fingerprint density at radius 1 is 1.00 bits per heavy atom. The van der Waals surface area contributed by atoms with Gasteiger partial charge in [0.2, 0.25) is 0 Å². The van der Waals surface area contributed by atoms with E-state index in [9.17, 15) is 0 Å². The predicted octanol–water partition coefficient (Wildman–Crippen LogP) is -0.281. The molecule has 16 valence electrons. The molecule has 0 aromatic rings. The molecule has 4 heteroatoms. The van der Waals surface area contributed by atoms with Crippen molar-refractivity contribution in [1.29, 1.82) is 0 Å². The number of hydrogen-bond donors (Lipinski definition) is 0. The Labute approximate surface area is 78.8 Å². The van der Waals surface area contributed by atoms with E-state index in [-0.39, 0.29) is 80.0 Å². The molecule has 0 aliphatic heterocycles. The fraction of sp³-hybridized carbons (Fsp3) is 0. The van der Waals surface area contributed by atoms with Gasteiger partial charge in [-0.05, 0) is 0 Å². The third-order valence-corrected chi connectivity index (χ3v) is 0. The van der Waals surface area contributed by atoms with E-state index in [4.69, 9.17) is 0 Å². The van der Waals surface area contributed by atoms with Crippen LogP contribution in [0.5, 0.6) is 0 Å². The van der Waals surface area contributed by atoms with Gasteiger partial charge in [-0.25, -0.2) is 0 Å². The van der Waals surface area contributed by atoms with Gasteiger partial charge in [-0.1, -0.05) is 0 Å². The van der Waals surface area contributed by atoms with Gasteiger partial charge in [0.25, 0.3) is 0 Å². The summed E-state index contributed by atoms with van der Waals surface area (Å²) in [6.07, 6.45) is 0. The molecule has 0 heterocycles. The quantitative estimate of drug-likeness (QED) is 0.421. The van der Waals surface area contributed by atoms with Crippen molar-refractivity contribution in [1.82, 2.24) is 0 Å². The molecule has 0 aromatic carbocycles. The second-order valence-corrected chi connectivity index (χ2v) is 0. The number of hydrogen-bond acceptors (Lipinski definition) is 0. The fourth-order valence-corrected chi connectivity index (χ4v) is 0. The van der Waals surface area contributed by atoms with Crippen LogP contribution in [0.15, 0.2) is 0 Å².